The number of hydrogen-bond donors (Lipinski definition) is 2. The van der Waals surface area contributed by atoms with E-state index in [4.69, 9.17) is 16.3 Å². The maximum atomic E-state index is 12.0. The number of nitrogens with one attached hydrogen (secondary N) is 2. The Morgan fingerprint density at radius 2 is 2.03 bits per heavy atom. The number of halogens is 2. The van der Waals surface area contributed by atoms with Crippen LogP contribution < -0.4 is 15.4 Å². The van der Waals surface area contributed by atoms with Crippen LogP contribution in [-0.4, -0.2) is 76.5 Å². The van der Waals surface area contributed by atoms with E-state index in [1.807, 2.05) is 24.1 Å². The summed E-state index contributed by atoms with van der Waals surface area (Å²) in [6.45, 7) is 1.48. The highest BCUT2D eigenvalue weighted by Crippen LogP contribution is 2.15. The van der Waals surface area contributed by atoms with Gasteiger partial charge in [-0.15, -0.1) is 24.0 Å². The van der Waals surface area contributed by atoms with Gasteiger partial charge in [0.05, 0.1) is 18.1 Å². The molecule has 1 saturated heterocycles. The summed E-state index contributed by atoms with van der Waals surface area (Å²) in [6.07, 6.45) is 0.726. The van der Waals surface area contributed by atoms with E-state index in [9.17, 15) is 13.2 Å². The predicted molar refractivity (Wildman–Crippen MR) is 126 cm³/mol. The molecule has 1 aliphatic rings. The van der Waals surface area contributed by atoms with Gasteiger partial charge in [-0.2, -0.15) is 0 Å². The Morgan fingerprint density at radius 1 is 1.34 bits per heavy atom. The van der Waals surface area contributed by atoms with E-state index in [1.165, 1.54) is 0 Å². The first kappa shape index (κ1) is 25.8. The number of likely N-dealkylation sites (N-methyl/N-ethyl adjacent to an activating group) is 1. The van der Waals surface area contributed by atoms with Gasteiger partial charge in [-0.3, -0.25) is 9.79 Å². The normalized spacial score (nSPS) is 17.9. The highest BCUT2D eigenvalue weighted by Gasteiger charge is 2.28. The molecule has 0 saturated carbocycles. The Labute approximate surface area is 194 Å². The summed E-state index contributed by atoms with van der Waals surface area (Å²) >= 11 is 5.84. The molecule has 29 heavy (non-hydrogen) atoms. The van der Waals surface area contributed by atoms with Crippen LogP contribution in [0.3, 0.4) is 0 Å². The van der Waals surface area contributed by atoms with Gasteiger partial charge in [-0.25, -0.2) is 8.42 Å². The first-order chi connectivity index (χ1) is 13.3. The molecular weight excluding hydrogens is 531 g/mol. The van der Waals surface area contributed by atoms with E-state index in [0.717, 1.165) is 5.75 Å². The fraction of sp³-hybridized carbons (Fsp3) is 0.556. The highest BCUT2D eigenvalue weighted by molar-refractivity contribution is 14.0. The van der Waals surface area contributed by atoms with Gasteiger partial charge in [0.1, 0.15) is 12.4 Å². The van der Waals surface area contributed by atoms with Crippen molar-refractivity contribution in [2.75, 3.05) is 45.3 Å². The second-order valence-corrected chi connectivity index (χ2v) is 9.28. The van der Waals surface area contributed by atoms with Crippen molar-refractivity contribution in [1.82, 2.24) is 15.5 Å². The Bertz CT molecular complexity index is 790. The van der Waals surface area contributed by atoms with Crippen molar-refractivity contribution in [3.63, 3.8) is 0 Å². The number of carbonyl (C=O) groups excluding carboxylic acids is 1. The number of nitrogens with zero attached hydrogens (tertiary/aromatic N) is 2. The average molecular weight is 559 g/mol. The molecule has 0 spiro atoms. The number of amides is 1. The van der Waals surface area contributed by atoms with Crippen LogP contribution in [0.1, 0.15) is 12.8 Å². The van der Waals surface area contributed by atoms with Gasteiger partial charge in [0.2, 0.25) is 5.91 Å². The Hall–Kier alpha value is -1.27. The number of benzene rings is 1. The maximum Gasteiger partial charge on any atom is 0.222 e. The molecule has 1 atom stereocenters. The van der Waals surface area contributed by atoms with Gasteiger partial charge < -0.3 is 20.3 Å². The lowest BCUT2D eigenvalue weighted by atomic mass is 10.2. The molecule has 1 amide bonds. The predicted octanol–water partition coefficient (Wildman–Crippen LogP) is 1.54. The molecule has 1 heterocycles. The van der Waals surface area contributed by atoms with E-state index in [0.29, 0.717) is 37.1 Å². The smallest absolute Gasteiger partial charge is 0.222 e. The molecule has 11 heteroatoms. The molecule has 1 unspecified atom stereocenters. The van der Waals surface area contributed by atoms with E-state index in [1.54, 1.807) is 19.2 Å². The number of hydrogen-bond acceptors (Lipinski definition) is 5. The van der Waals surface area contributed by atoms with Crippen LogP contribution in [0, 0.1) is 0 Å². The highest BCUT2D eigenvalue weighted by atomic mass is 127. The third kappa shape index (κ3) is 9.39. The number of aliphatic imine (C=N–C) groups is 1. The summed E-state index contributed by atoms with van der Waals surface area (Å²) in [5.74, 6) is 1.40. The van der Waals surface area contributed by atoms with Gasteiger partial charge in [-0.1, -0.05) is 11.6 Å². The van der Waals surface area contributed by atoms with Crippen LogP contribution in [0.5, 0.6) is 5.75 Å². The largest absolute Gasteiger partial charge is 0.492 e. The van der Waals surface area contributed by atoms with E-state index < -0.39 is 9.84 Å². The van der Waals surface area contributed by atoms with Gasteiger partial charge in [-0.05, 0) is 30.7 Å². The molecular formula is C18H28ClIN4O4S. The van der Waals surface area contributed by atoms with Crippen molar-refractivity contribution in [2.45, 2.75) is 18.9 Å². The van der Waals surface area contributed by atoms with Crippen molar-refractivity contribution in [3.8, 4) is 5.75 Å². The Balaban J connectivity index is 0.00000420. The maximum absolute atomic E-state index is 12.0. The fourth-order valence-electron chi connectivity index (χ4n) is 2.82. The standard InChI is InChI=1S/C18H27ClN4O4S.HI/c1-20-18(23(2)10-11-27-16-5-3-14(19)4-6-16)21-9-7-17(24)22-15-8-12-28(25,26)13-15;/h3-6,15H,7-13H2,1-2H3,(H,20,21)(H,22,24);1H. The first-order valence-corrected chi connectivity index (χ1v) is 11.3. The summed E-state index contributed by atoms with van der Waals surface area (Å²) in [5, 5.41) is 6.55. The fourth-order valence-corrected chi connectivity index (χ4v) is 4.62. The topological polar surface area (TPSA) is 100 Å². The van der Waals surface area contributed by atoms with Crippen LogP contribution in [0.25, 0.3) is 0 Å². The van der Waals surface area contributed by atoms with Crippen LogP contribution in [0.15, 0.2) is 29.3 Å². The molecule has 164 valence electrons. The zero-order chi connectivity index (χ0) is 20.6. The van der Waals surface area contributed by atoms with Crippen molar-refractivity contribution < 1.29 is 17.9 Å². The van der Waals surface area contributed by atoms with Crippen LogP contribution in [-0.2, 0) is 14.6 Å². The molecule has 0 aliphatic carbocycles. The minimum Gasteiger partial charge on any atom is -0.492 e. The van der Waals surface area contributed by atoms with Gasteiger partial charge in [0, 0.05) is 38.1 Å². The zero-order valence-corrected chi connectivity index (χ0v) is 20.5. The van der Waals surface area contributed by atoms with Gasteiger partial charge in [0.25, 0.3) is 0 Å². The SMILES string of the molecule is CN=C(NCCC(=O)NC1CCS(=O)(=O)C1)N(C)CCOc1ccc(Cl)cc1.I. The lowest BCUT2D eigenvalue weighted by Gasteiger charge is -2.22. The molecule has 2 N–H and O–H groups in total. The summed E-state index contributed by atoms with van der Waals surface area (Å²) < 4.78 is 28.5. The minimum absolute atomic E-state index is 0. The van der Waals surface area contributed by atoms with Crippen molar-refractivity contribution in [2.24, 2.45) is 4.99 Å². The molecule has 1 fully saturated rings. The number of guanidine groups is 1. The van der Waals surface area contributed by atoms with Crippen molar-refractivity contribution in [3.05, 3.63) is 29.3 Å². The number of carbonyl (C=O) groups is 1. The molecule has 2 rings (SSSR count). The van der Waals surface area contributed by atoms with Crippen molar-refractivity contribution >= 4 is 57.3 Å². The first-order valence-electron chi connectivity index (χ1n) is 9.09. The summed E-state index contributed by atoms with van der Waals surface area (Å²) in [5.41, 5.74) is 0. The lowest BCUT2D eigenvalue weighted by Crippen LogP contribution is -2.43. The number of rotatable bonds is 8. The number of ether oxygens (including phenoxy) is 1. The average Bonchev–Trinajstić information content (AvgIpc) is 2.98. The number of sulfone groups is 1. The van der Waals surface area contributed by atoms with Crippen LogP contribution in [0.2, 0.25) is 5.02 Å². The summed E-state index contributed by atoms with van der Waals surface area (Å²) in [6, 6.07) is 6.89. The van der Waals surface area contributed by atoms with Crippen LogP contribution >= 0.6 is 35.6 Å². The molecule has 1 aromatic carbocycles. The third-order valence-electron chi connectivity index (χ3n) is 4.32. The molecule has 1 aliphatic heterocycles. The zero-order valence-electron chi connectivity index (χ0n) is 16.6. The van der Waals surface area contributed by atoms with E-state index in [2.05, 4.69) is 15.6 Å². The van der Waals surface area contributed by atoms with E-state index >= 15 is 0 Å². The Kier molecular flexibility index (Phi) is 11.0. The summed E-state index contributed by atoms with van der Waals surface area (Å²) in [7, 11) is 0.552. The molecule has 1 aromatic rings. The van der Waals surface area contributed by atoms with E-state index in [-0.39, 0.29) is 53.9 Å². The monoisotopic (exact) mass is 558 g/mol. The van der Waals surface area contributed by atoms with Gasteiger partial charge in [0.15, 0.2) is 15.8 Å². The van der Waals surface area contributed by atoms with Crippen molar-refractivity contribution in [1.29, 1.82) is 0 Å². The van der Waals surface area contributed by atoms with Gasteiger partial charge >= 0.3 is 0 Å². The quantitative estimate of drug-likeness (QED) is 0.285. The molecule has 0 bridgehead atoms. The third-order valence-corrected chi connectivity index (χ3v) is 6.34. The Morgan fingerprint density at radius 3 is 2.62 bits per heavy atom. The second kappa shape index (κ2) is 12.4. The molecule has 0 radical (unpaired) electrons. The second-order valence-electron chi connectivity index (χ2n) is 6.62. The molecule has 8 nitrogen and oxygen atoms in total. The lowest BCUT2D eigenvalue weighted by molar-refractivity contribution is -0.121. The molecule has 0 aromatic heterocycles. The van der Waals surface area contributed by atoms with Crippen LogP contribution in [0.4, 0.5) is 0 Å². The minimum atomic E-state index is -3.00. The summed E-state index contributed by atoms with van der Waals surface area (Å²) in [4.78, 5) is 18.1.